The second-order valence-electron chi connectivity index (χ2n) is 3.06. The van der Waals surface area contributed by atoms with E-state index in [0.717, 1.165) is 4.70 Å². The van der Waals surface area contributed by atoms with Crippen molar-refractivity contribution >= 4 is 33.0 Å². The van der Waals surface area contributed by atoms with E-state index in [1.54, 1.807) is 5.38 Å². The number of benzene rings is 1. The third-order valence-electron chi connectivity index (χ3n) is 1.94. The Morgan fingerprint density at radius 3 is 2.62 bits per heavy atom. The molecule has 0 atom stereocenters. The van der Waals surface area contributed by atoms with Crippen LogP contribution in [0.4, 0.5) is 13.2 Å². The standard InChI is InChI=1S/C10H5ClF3OS/c1-5-4-16-7-3-2-6(9(11)8(5)7)15-10(12,13)14/h2-4H,1H2. The van der Waals surface area contributed by atoms with Crippen LogP contribution in [0.3, 0.4) is 0 Å². The summed E-state index contributed by atoms with van der Waals surface area (Å²) >= 11 is 7.21. The Morgan fingerprint density at radius 1 is 1.31 bits per heavy atom. The van der Waals surface area contributed by atoms with E-state index in [1.165, 1.54) is 23.5 Å². The molecular formula is C10H5ClF3OS. The molecule has 0 aliphatic heterocycles. The van der Waals surface area contributed by atoms with E-state index >= 15 is 0 Å². The molecule has 2 aromatic rings. The molecule has 0 spiro atoms. The van der Waals surface area contributed by atoms with Crippen LogP contribution in [0.1, 0.15) is 5.56 Å². The first-order chi connectivity index (χ1) is 7.38. The molecule has 0 bridgehead atoms. The van der Waals surface area contributed by atoms with Crippen LogP contribution < -0.4 is 4.74 Å². The van der Waals surface area contributed by atoms with Crippen LogP contribution in [0, 0.1) is 6.92 Å². The van der Waals surface area contributed by atoms with Crippen molar-refractivity contribution in [2.24, 2.45) is 0 Å². The van der Waals surface area contributed by atoms with Gasteiger partial charge in [0.05, 0.1) is 5.02 Å². The lowest BCUT2D eigenvalue weighted by Crippen LogP contribution is -2.17. The third kappa shape index (κ3) is 2.10. The fourth-order valence-corrected chi connectivity index (χ4v) is 2.60. The van der Waals surface area contributed by atoms with E-state index in [9.17, 15) is 13.2 Å². The van der Waals surface area contributed by atoms with Crippen LogP contribution in [-0.2, 0) is 0 Å². The Hall–Kier alpha value is -0.940. The zero-order valence-electron chi connectivity index (χ0n) is 7.77. The summed E-state index contributed by atoms with van der Waals surface area (Å²) in [6, 6.07) is 2.73. The van der Waals surface area contributed by atoms with Gasteiger partial charge in [-0.25, -0.2) is 0 Å². The molecular weight excluding hydrogens is 261 g/mol. The smallest absolute Gasteiger partial charge is 0.404 e. The molecule has 0 unspecified atom stereocenters. The van der Waals surface area contributed by atoms with E-state index < -0.39 is 12.1 Å². The van der Waals surface area contributed by atoms with Crippen LogP contribution in [0.5, 0.6) is 5.75 Å². The van der Waals surface area contributed by atoms with Crippen molar-refractivity contribution < 1.29 is 17.9 Å². The summed E-state index contributed by atoms with van der Waals surface area (Å²) in [5.41, 5.74) is 0.595. The largest absolute Gasteiger partial charge is 0.573 e. The number of hydrogen-bond donors (Lipinski definition) is 0. The van der Waals surface area contributed by atoms with E-state index in [1.807, 2.05) is 0 Å². The van der Waals surface area contributed by atoms with Gasteiger partial charge in [0.2, 0.25) is 0 Å². The molecule has 1 aromatic heterocycles. The number of thiophene rings is 1. The average Bonchev–Trinajstić information content (AvgIpc) is 2.51. The van der Waals surface area contributed by atoms with E-state index in [2.05, 4.69) is 11.7 Å². The normalized spacial score (nSPS) is 12.1. The quantitative estimate of drug-likeness (QED) is 0.730. The molecule has 0 saturated carbocycles. The number of halogens is 4. The van der Waals surface area contributed by atoms with Crippen LogP contribution in [-0.4, -0.2) is 6.36 Å². The second-order valence-corrected chi connectivity index (χ2v) is 4.35. The Kier molecular flexibility index (Phi) is 2.75. The molecule has 85 valence electrons. The molecule has 1 radical (unpaired) electrons. The molecule has 1 nitrogen and oxygen atoms in total. The fourth-order valence-electron chi connectivity index (χ4n) is 1.33. The highest BCUT2D eigenvalue weighted by molar-refractivity contribution is 7.17. The maximum Gasteiger partial charge on any atom is 0.573 e. The zero-order chi connectivity index (χ0) is 11.9. The van der Waals surface area contributed by atoms with Crippen molar-refractivity contribution in [3.63, 3.8) is 0 Å². The third-order valence-corrected chi connectivity index (χ3v) is 3.32. The number of alkyl halides is 3. The molecule has 0 amide bonds. The first-order valence-corrected chi connectivity index (χ1v) is 5.41. The van der Waals surface area contributed by atoms with Crippen molar-refractivity contribution in [1.82, 2.24) is 0 Å². The Labute approximate surface area is 98.4 Å². The number of rotatable bonds is 1. The van der Waals surface area contributed by atoms with E-state index in [-0.39, 0.29) is 5.02 Å². The summed E-state index contributed by atoms with van der Waals surface area (Å²) in [5, 5.41) is 2.18. The first kappa shape index (κ1) is 11.5. The minimum Gasteiger partial charge on any atom is -0.404 e. The second kappa shape index (κ2) is 3.82. The molecule has 1 heterocycles. The van der Waals surface area contributed by atoms with Crippen molar-refractivity contribution in [3.8, 4) is 5.75 Å². The SMILES string of the molecule is [CH2]c1csc2ccc(OC(F)(F)F)c(Cl)c12. The van der Waals surface area contributed by atoms with Gasteiger partial charge in [-0.05, 0) is 30.0 Å². The number of ether oxygens (including phenoxy) is 1. The van der Waals surface area contributed by atoms with Gasteiger partial charge in [0.15, 0.2) is 0 Å². The van der Waals surface area contributed by atoms with E-state index in [0.29, 0.717) is 10.9 Å². The fraction of sp³-hybridized carbons (Fsp3) is 0.100. The van der Waals surface area contributed by atoms with Crippen molar-refractivity contribution in [1.29, 1.82) is 0 Å². The van der Waals surface area contributed by atoms with Crippen LogP contribution >= 0.6 is 22.9 Å². The van der Waals surface area contributed by atoms with Gasteiger partial charge < -0.3 is 4.74 Å². The van der Waals surface area contributed by atoms with Gasteiger partial charge in [-0.2, -0.15) is 0 Å². The topological polar surface area (TPSA) is 9.23 Å². The summed E-state index contributed by atoms with van der Waals surface area (Å²) in [5.74, 6) is -0.398. The predicted octanol–water partition coefficient (Wildman–Crippen LogP) is 4.64. The number of fused-ring (bicyclic) bond motifs is 1. The maximum absolute atomic E-state index is 12.1. The van der Waals surface area contributed by atoms with Gasteiger partial charge in [0.25, 0.3) is 0 Å². The highest BCUT2D eigenvalue weighted by Gasteiger charge is 2.32. The molecule has 1 aromatic carbocycles. The first-order valence-electron chi connectivity index (χ1n) is 4.16. The molecule has 0 N–H and O–H groups in total. The Balaban J connectivity index is 2.56. The number of hydrogen-bond acceptors (Lipinski definition) is 2. The van der Waals surface area contributed by atoms with Gasteiger partial charge in [-0.3, -0.25) is 0 Å². The van der Waals surface area contributed by atoms with Crippen LogP contribution in [0.15, 0.2) is 17.5 Å². The van der Waals surface area contributed by atoms with Crippen molar-refractivity contribution in [2.45, 2.75) is 6.36 Å². The van der Waals surface area contributed by atoms with Gasteiger partial charge in [-0.1, -0.05) is 11.6 Å². The molecule has 0 aliphatic rings. The summed E-state index contributed by atoms with van der Waals surface area (Å²) in [7, 11) is 0. The average molecular weight is 266 g/mol. The predicted molar refractivity (Wildman–Crippen MR) is 58.0 cm³/mol. The molecule has 0 aliphatic carbocycles. The van der Waals surface area contributed by atoms with E-state index in [4.69, 9.17) is 11.6 Å². The van der Waals surface area contributed by atoms with Gasteiger partial charge in [0, 0.05) is 10.1 Å². The van der Waals surface area contributed by atoms with Crippen LogP contribution in [0.25, 0.3) is 10.1 Å². The maximum atomic E-state index is 12.1. The van der Waals surface area contributed by atoms with Gasteiger partial charge >= 0.3 is 6.36 Å². The molecule has 2 rings (SSSR count). The lowest BCUT2D eigenvalue weighted by Gasteiger charge is -2.10. The molecule has 16 heavy (non-hydrogen) atoms. The lowest BCUT2D eigenvalue weighted by molar-refractivity contribution is -0.274. The van der Waals surface area contributed by atoms with Crippen molar-refractivity contribution in [3.05, 3.63) is 35.0 Å². The summed E-state index contributed by atoms with van der Waals surface area (Å²) in [4.78, 5) is 0. The molecule has 0 fully saturated rings. The minimum atomic E-state index is -4.74. The summed E-state index contributed by atoms with van der Waals surface area (Å²) < 4.78 is 40.8. The lowest BCUT2D eigenvalue weighted by atomic mass is 10.2. The summed E-state index contributed by atoms with van der Waals surface area (Å²) in [6.45, 7) is 3.70. The molecule has 6 heteroatoms. The van der Waals surface area contributed by atoms with Gasteiger partial charge in [-0.15, -0.1) is 24.5 Å². The minimum absolute atomic E-state index is 0.0546. The highest BCUT2D eigenvalue weighted by Crippen LogP contribution is 2.39. The highest BCUT2D eigenvalue weighted by atomic mass is 35.5. The summed E-state index contributed by atoms with van der Waals surface area (Å²) in [6.07, 6.45) is -4.74. The van der Waals surface area contributed by atoms with Crippen LogP contribution in [0.2, 0.25) is 5.02 Å². The molecule has 0 saturated heterocycles. The monoisotopic (exact) mass is 265 g/mol. The van der Waals surface area contributed by atoms with Gasteiger partial charge in [0.1, 0.15) is 5.75 Å². The zero-order valence-corrected chi connectivity index (χ0v) is 9.34. The Morgan fingerprint density at radius 2 is 2.00 bits per heavy atom. The van der Waals surface area contributed by atoms with Crippen molar-refractivity contribution in [2.75, 3.05) is 0 Å². The Bertz CT molecular complexity index is 533.